The van der Waals surface area contributed by atoms with Crippen molar-refractivity contribution in [3.05, 3.63) is 53.9 Å². The fourth-order valence-electron chi connectivity index (χ4n) is 1.86. The molecule has 0 aliphatic heterocycles. The predicted molar refractivity (Wildman–Crippen MR) is 69.8 cm³/mol. The number of hydrogen-bond acceptors (Lipinski definition) is 1. The second-order valence-electron chi connectivity index (χ2n) is 4.05. The Morgan fingerprint density at radius 2 is 2.06 bits per heavy atom. The van der Waals surface area contributed by atoms with Crippen LogP contribution in [0.3, 0.4) is 0 Å². The first kappa shape index (κ1) is 12.3. The molecule has 18 heavy (non-hydrogen) atoms. The van der Waals surface area contributed by atoms with Crippen LogP contribution >= 0.6 is 0 Å². The van der Waals surface area contributed by atoms with Crippen molar-refractivity contribution in [2.24, 2.45) is 0 Å². The van der Waals surface area contributed by atoms with Crippen molar-refractivity contribution in [3.63, 3.8) is 0 Å². The van der Waals surface area contributed by atoms with Crippen LogP contribution in [-0.2, 0) is 4.79 Å². The van der Waals surface area contributed by atoms with Gasteiger partial charge in [-0.2, -0.15) is 0 Å². The Bertz CT molecular complexity index is 602. The summed E-state index contributed by atoms with van der Waals surface area (Å²) in [5, 5.41) is 10.3. The maximum Gasteiger partial charge on any atom is 0.303 e. The molecular weight excluding hydrogens is 231 g/mol. The Labute approximate surface area is 104 Å². The quantitative estimate of drug-likeness (QED) is 0.886. The van der Waals surface area contributed by atoms with Gasteiger partial charge in [0.1, 0.15) is 5.82 Å². The number of allylic oxidation sites excluding steroid dienone is 1. The Hall–Kier alpha value is -2.16. The summed E-state index contributed by atoms with van der Waals surface area (Å²) >= 11 is 0. The summed E-state index contributed by atoms with van der Waals surface area (Å²) in [6.07, 6.45) is 4.06. The number of benzene rings is 2. The number of fused-ring (bicyclic) bond motifs is 1. The van der Waals surface area contributed by atoms with Crippen LogP contribution in [0.5, 0.6) is 0 Å². The van der Waals surface area contributed by atoms with Gasteiger partial charge in [-0.3, -0.25) is 4.79 Å². The van der Waals surface area contributed by atoms with Gasteiger partial charge in [-0.15, -0.1) is 0 Å². The van der Waals surface area contributed by atoms with Crippen molar-refractivity contribution in [2.75, 3.05) is 0 Å². The second-order valence-corrected chi connectivity index (χ2v) is 4.05. The number of halogens is 1. The van der Waals surface area contributed by atoms with E-state index in [2.05, 4.69) is 0 Å². The maximum atomic E-state index is 13.4. The number of carbonyl (C=O) groups is 1. The van der Waals surface area contributed by atoms with E-state index in [0.717, 1.165) is 16.3 Å². The van der Waals surface area contributed by atoms with Crippen LogP contribution in [0.2, 0.25) is 0 Å². The molecule has 0 saturated heterocycles. The molecule has 0 spiro atoms. The third-order valence-electron chi connectivity index (χ3n) is 2.68. The van der Waals surface area contributed by atoms with Crippen molar-refractivity contribution < 1.29 is 14.3 Å². The van der Waals surface area contributed by atoms with Crippen molar-refractivity contribution in [1.29, 1.82) is 0 Å². The fraction of sp³-hybridized carbons (Fsp3) is 0.133. The lowest BCUT2D eigenvalue weighted by atomic mass is 10.0. The van der Waals surface area contributed by atoms with E-state index < -0.39 is 5.97 Å². The molecule has 0 radical (unpaired) electrons. The van der Waals surface area contributed by atoms with Crippen LogP contribution in [0, 0.1) is 5.82 Å². The van der Waals surface area contributed by atoms with E-state index in [1.54, 1.807) is 12.2 Å². The lowest BCUT2D eigenvalue weighted by Crippen LogP contribution is -1.91. The molecule has 0 saturated carbocycles. The molecule has 2 rings (SSSR count). The molecule has 92 valence electrons. The van der Waals surface area contributed by atoms with Crippen molar-refractivity contribution in [3.8, 4) is 0 Å². The van der Waals surface area contributed by atoms with Crippen LogP contribution in [0.1, 0.15) is 18.4 Å². The van der Waals surface area contributed by atoms with Gasteiger partial charge in [0.15, 0.2) is 0 Å². The molecule has 0 fully saturated rings. The van der Waals surface area contributed by atoms with Gasteiger partial charge in [-0.1, -0.05) is 36.4 Å². The summed E-state index contributed by atoms with van der Waals surface area (Å²) < 4.78 is 13.4. The van der Waals surface area contributed by atoms with Crippen LogP contribution in [-0.4, -0.2) is 11.1 Å². The van der Waals surface area contributed by atoms with Crippen molar-refractivity contribution >= 4 is 22.8 Å². The molecule has 0 amide bonds. The Kier molecular flexibility index (Phi) is 3.72. The molecule has 1 N–H and O–H groups in total. The first-order valence-corrected chi connectivity index (χ1v) is 5.73. The first-order valence-electron chi connectivity index (χ1n) is 5.73. The average Bonchev–Trinajstić information content (AvgIpc) is 2.34. The molecule has 2 aromatic rings. The highest BCUT2D eigenvalue weighted by Gasteiger charge is 2.01. The summed E-state index contributed by atoms with van der Waals surface area (Å²) in [6, 6.07) is 10.5. The lowest BCUT2D eigenvalue weighted by molar-refractivity contribution is -0.136. The largest absolute Gasteiger partial charge is 0.481 e. The SMILES string of the molecule is O=C(O)CCC=Cc1cc(F)cc2ccccc12. The highest BCUT2D eigenvalue weighted by Crippen LogP contribution is 2.21. The first-order chi connectivity index (χ1) is 8.66. The Morgan fingerprint density at radius 3 is 2.83 bits per heavy atom. The highest BCUT2D eigenvalue weighted by molar-refractivity contribution is 5.90. The van der Waals surface area contributed by atoms with E-state index in [-0.39, 0.29) is 12.2 Å². The zero-order chi connectivity index (χ0) is 13.0. The van der Waals surface area contributed by atoms with Crippen LogP contribution < -0.4 is 0 Å². The maximum absolute atomic E-state index is 13.4. The van der Waals surface area contributed by atoms with Crippen molar-refractivity contribution in [1.82, 2.24) is 0 Å². The number of rotatable bonds is 4. The van der Waals surface area contributed by atoms with E-state index in [1.165, 1.54) is 12.1 Å². The third kappa shape index (κ3) is 2.94. The summed E-state index contributed by atoms with van der Waals surface area (Å²) in [6.45, 7) is 0. The van der Waals surface area contributed by atoms with Crippen molar-refractivity contribution in [2.45, 2.75) is 12.8 Å². The minimum atomic E-state index is -0.830. The summed E-state index contributed by atoms with van der Waals surface area (Å²) in [5.41, 5.74) is 0.774. The molecule has 3 heteroatoms. The molecule has 0 aliphatic rings. The highest BCUT2D eigenvalue weighted by atomic mass is 19.1. The average molecular weight is 244 g/mol. The normalized spacial score (nSPS) is 11.2. The second kappa shape index (κ2) is 5.45. The van der Waals surface area contributed by atoms with Crippen LogP contribution in [0.4, 0.5) is 4.39 Å². The topological polar surface area (TPSA) is 37.3 Å². The smallest absolute Gasteiger partial charge is 0.303 e. The standard InChI is InChI=1S/C15H13FO2/c16-13-9-11-5-1-3-7-14(11)12(10-13)6-2-4-8-15(17)18/h1-3,5-7,9-10H,4,8H2,(H,17,18). The number of carboxylic acids is 1. The lowest BCUT2D eigenvalue weighted by Gasteiger charge is -2.02. The van der Waals surface area contributed by atoms with Gasteiger partial charge in [0, 0.05) is 6.42 Å². The van der Waals surface area contributed by atoms with E-state index in [4.69, 9.17) is 5.11 Å². The monoisotopic (exact) mass is 244 g/mol. The third-order valence-corrected chi connectivity index (χ3v) is 2.68. The summed E-state index contributed by atoms with van der Waals surface area (Å²) in [5.74, 6) is -1.12. The van der Waals surface area contributed by atoms with Gasteiger partial charge in [0.05, 0.1) is 0 Å². The van der Waals surface area contributed by atoms with Gasteiger partial charge in [0.2, 0.25) is 0 Å². The zero-order valence-electron chi connectivity index (χ0n) is 9.77. The molecule has 0 bridgehead atoms. The molecule has 0 atom stereocenters. The van der Waals surface area contributed by atoms with E-state index in [0.29, 0.717) is 6.42 Å². The van der Waals surface area contributed by atoms with E-state index in [1.807, 2.05) is 24.3 Å². The minimum Gasteiger partial charge on any atom is -0.481 e. The summed E-state index contributed by atoms with van der Waals surface area (Å²) in [7, 11) is 0. The molecule has 0 aromatic heterocycles. The fourth-order valence-corrected chi connectivity index (χ4v) is 1.86. The number of carboxylic acid groups (broad SMARTS) is 1. The van der Waals surface area contributed by atoms with E-state index >= 15 is 0 Å². The van der Waals surface area contributed by atoms with Gasteiger partial charge in [-0.25, -0.2) is 4.39 Å². The van der Waals surface area contributed by atoms with Gasteiger partial charge in [-0.05, 0) is 34.9 Å². The number of aliphatic carboxylic acids is 1. The molecule has 0 heterocycles. The molecule has 0 aliphatic carbocycles. The van der Waals surface area contributed by atoms with E-state index in [9.17, 15) is 9.18 Å². The molecule has 2 nitrogen and oxygen atoms in total. The zero-order valence-corrected chi connectivity index (χ0v) is 9.77. The molecule has 0 unspecified atom stereocenters. The summed E-state index contributed by atoms with van der Waals surface area (Å²) in [4.78, 5) is 10.4. The Morgan fingerprint density at radius 1 is 1.28 bits per heavy atom. The van der Waals surface area contributed by atoms with Gasteiger partial charge in [0.25, 0.3) is 0 Å². The molecular formula is C15H13FO2. The Balaban J connectivity index is 2.29. The number of hydrogen-bond donors (Lipinski definition) is 1. The van der Waals surface area contributed by atoms with Gasteiger partial charge < -0.3 is 5.11 Å². The van der Waals surface area contributed by atoms with Gasteiger partial charge >= 0.3 is 5.97 Å². The van der Waals surface area contributed by atoms with Crippen LogP contribution in [0.25, 0.3) is 16.8 Å². The minimum absolute atomic E-state index is 0.0871. The van der Waals surface area contributed by atoms with Crippen LogP contribution in [0.15, 0.2) is 42.5 Å². The molecule has 2 aromatic carbocycles. The predicted octanol–water partition coefficient (Wildman–Crippen LogP) is 3.86.